The van der Waals surface area contributed by atoms with Crippen LogP contribution in [0.2, 0.25) is 5.02 Å². The zero-order valence-corrected chi connectivity index (χ0v) is 11.3. The van der Waals surface area contributed by atoms with Crippen LogP contribution in [-0.4, -0.2) is 13.1 Å². The van der Waals surface area contributed by atoms with Crippen molar-refractivity contribution in [3.05, 3.63) is 52.8 Å². The maximum absolute atomic E-state index is 13.6. The van der Waals surface area contributed by atoms with Crippen LogP contribution in [0.4, 0.5) is 10.1 Å². The number of nitrogens with two attached hydrogens (primary N) is 1. The van der Waals surface area contributed by atoms with Crippen molar-refractivity contribution in [1.82, 2.24) is 0 Å². The van der Waals surface area contributed by atoms with Crippen molar-refractivity contribution < 1.29 is 18.7 Å². The molecule has 2 N–H and O–H groups in total. The summed E-state index contributed by atoms with van der Waals surface area (Å²) < 4.78 is 23.6. The quantitative estimate of drug-likeness (QED) is 0.693. The second kappa shape index (κ2) is 5.79. The fourth-order valence-electron chi connectivity index (χ4n) is 1.62. The lowest BCUT2D eigenvalue weighted by Gasteiger charge is -2.13. The van der Waals surface area contributed by atoms with Crippen molar-refractivity contribution in [2.75, 3.05) is 12.8 Å². The summed E-state index contributed by atoms with van der Waals surface area (Å²) in [7, 11) is 1.21. The average Bonchev–Trinajstić information content (AvgIpc) is 2.42. The van der Waals surface area contributed by atoms with Gasteiger partial charge in [0.05, 0.1) is 12.1 Å². The third kappa shape index (κ3) is 2.83. The molecule has 0 atom stereocenters. The SMILES string of the molecule is COC(=O)c1cc(N)cc(Cl)c1Oc1ccccc1F. The first-order chi connectivity index (χ1) is 9.52. The highest BCUT2D eigenvalue weighted by atomic mass is 35.5. The van der Waals surface area contributed by atoms with E-state index in [4.69, 9.17) is 22.1 Å². The Hall–Kier alpha value is -2.27. The molecule has 20 heavy (non-hydrogen) atoms. The second-order valence-electron chi connectivity index (χ2n) is 3.90. The maximum Gasteiger partial charge on any atom is 0.341 e. The monoisotopic (exact) mass is 295 g/mol. The van der Waals surface area contributed by atoms with Crippen LogP contribution in [0.3, 0.4) is 0 Å². The Morgan fingerprint density at radius 1 is 1.30 bits per heavy atom. The molecule has 2 aromatic rings. The van der Waals surface area contributed by atoms with E-state index in [0.29, 0.717) is 0 Å². The van der Waals surface area contributed by atoms with Crippen LogP contribution in [0.25, 0.3) is 0 Å². The van der Waals surface area contributed by atoms with Gasteiger partial charge in [0.2, 0.25) is 0 Å². The van der Waals surface area contributed by atoms with Gasteiger partial charge in [-0.15, -0.1) is 0 Å². The van der Waals surface area contributed by atoms with Crippen molar-refractivity contribution in [2.24, 2.45) is 0 Å². The molecule has 0 aliphatic carbocycles. The number of rotatable bonds is 3. The highest BCUT2D eigenvalue weighted by Crippen LogP contribution is 2.36. The molecule has 2 rings (SSSR count). The molecular weight excluding hydrogens is 285 g/mol. The van der Waals surface area contributed by atoms with Crippen LogP contribution < -0.4 is 10.5 Å². The minimum Gasteiger partial charge on any atom is -0.465 e. The number of carbonyl (C=O) groups excluding carboxylic acids is 1. The highest BCUT2D eigenvalue weighted by molar-refractivity contribution is 6.33. The Bertz CT molecular complexity index is 661. The first-order valence-corrected chi connectivity index (χ1v) is 6.00. The molecule has 0 fully saturated rings. The van der Waals surface area contributed by atoms with Gasteiger partial charge in [0, 0.05) is 5.69 Å². The van der Waals surface area contributed by atoms with Crippen molar-refractivity contribution in [1.29, 1.82) is 0 Å². The van der Waals surface area contributed by atoms with E-state index in [1.807, 2.05) is 0 Å². The molecule has 0 aliphatic heterocycles. The summed E-state index contributed by atoms with van der Waals surface area (Å²) in [5, 5.41) is 0.0913. The lowest BCUT2D eigenvalue weighted by molar-refractivity contribution is 0.0598. The zero-order chi connectivity index (χ0) is 14.7. The smallest absolute Gasteiger partial charge is 0.341 e. The van der Waals surface area contributed by atoms with E-state index < -0.39 is 11.8 Å². The van der Waals surface area contributed by atoms with Crippen molar-refractivity contribution >= 4 is 23.3 Å². The molecule has 104 valence electrons. The average molecular weight is 296 g/mol. The Balaban J connectivity index is 2.50. The number of anilines is 1. The molecule has 0 saturated carbocycles. The number of methoxy groups -OCH3 is 1. The fourth-order valence-corrected chi connectivity index (χ4v) is 1.88. The van der Waals surface area contributed by atoms with Crippen LogP contribution in [0, 0.1) is 5.82 Å². The number of hydrogen-bond donors (Lipinski definition) is 1. The first kappa shape index (κ1) is 14.1. The van der Waals surface area contributed by atoms with E-state index in [9.17, 15) is 9.18 Å². The number of esters is 1. The second-order valence-corrected chi connectivity index (χ2v) is 4.31. The fraction of sp³-hybridized carbons (Fsp3) is 0.0714. The largest absolute Gasteiger partial charge is 0.465 e. The van der Waals surface area contributed by atoms with E-state index in [0.717, 1.165) is 0 Å². The van der Waals surface area contributed by atoms with Gasteiger partial charge in [-0.25, -0.2) is 9.18 Å². The molecule has 0 heterocycles. The van der Waals surface area contributed by atoms with Crippen LogP contribution in [0.1, 0.15) is 10.4 Å². The van der Waals surface area contributed by atoms with Crippen molar-refractivity contribution in [2.45, 2.75) is 0 Å². The minimum atomic E-state index is -0.675. The normalized spacial score (nSPS) is 10.2. The summed E-state index contributed by atoms with van der Waals surface area (Å²) in [6.07, 6.45) is 0. The summed E-state index contributed by atoms with van der Waals surface area (Å²) in [5.74, 6) is -1.30. The molecule has 6 heteroatoms. The number of halogens is 2. The van der Waals surface area contributed by atoms with E-state index in [2.05, 4.69) is 4.74 Å². The van der Waals surface area contributed by atoms with Crippen molar-refractivity contribution in [3.8, 4) is 11.5 Å². The summed E-state index contributed by atoms with van der Waals surface area (Å²) in [5.41, 5.74) is 5.93. The van der Waals surface area contributed by atoms with Crippen LogP contribution in [0.5, 0.6) is 11.5 Å². The van der Waals surface area contributed by atoms with Gasteiger partial charge in [0.1, 0.15) is 5.56 Å². The predicted molar refractivity (Wildman–Crippen MR) is 73.7 cm³/mol. The van der Waals surface area contributed by atoms with Crippen molar-refractivity contribution in [3.63, 3.8) is 0 Å². The number of carbonyl (C=O) groups is 1. The van der Waals surface area contributed by atoms with Crippen LogP contribution in [0.15, 0.2) is 36.4 Å². The Labute approximate surface area is 119 Å². The molecule has 4 nitrogen and oxygen atoms in total. The van der Waals surface area contributed by atoms with Gasteiger partial charge in [0.25, 0.3) is 0 Å². The van der Waals surface area contributed by atoms with Crippen LogP contribution in [-0.2, 0) is 4.74 Å². The summed E-state index contributed by atoms with van der Waals surface area (Å²) in [6.45, 7) is 0. The zero-order valence-electron chi connectivity index (χ0n) is 10.5. The lowest BCUT2D eigenvalue weighted by Crippen LogP contribution is -2.05. The van der Waals surface area contributed by atoms with Crippen LogP contribution >= 0.6 is 11.6 Å². The molecule has 0 radical (unpaired) electrons. The molecule has 0 unspecified atom stereocenters. The topological polar surface area (TPSA) is 61.5 Å². The van der Waals surface area contributed by atoms with E-state index in [-0.39, 0.29) is 27.8 Å². The van der Waals surface area contributed by atoms with E-state index in [1.165, 1.54) is 37.4 Å². The van der Waals surface area contributed by atoms with E-state index in [1.54, 1.807) is 6.07 Å². The molecular formula is C14H11ClFNO3. The highest BCUT2D eigenvalue weighted by Gasteiger charge is 2.19. The molecule has 0 bridgehead atoms. The molecule has 0 amide bonds. The maximum atomic E-state index is 13.6. The van der Waals surface area contributed by atoms with Gasteiger partial charge in [-0.3, -0.25) is 0 Å². The molecule has 2 aromatic carbocycles. The summed E-state index contributed by atoms with van der Waals surface area (Å²) in [4.78, 5) is 11.7. The van der Waals surface area contributed by atoms with Gasteiger partial charge in [-0.05, 0) is 24.3 Å². The molecule has 0 aromatic heterocycles. The van der Waals surface area contributed by atoms with Gasteiger partial charge >= 0.3 is 5.97 Å². The first-order valence-electron chi connectivity index (χ1n) is 5.62. The summed E-state index contributed by atoms with van der Waals surface area (Å²) >= 11 is 6.00. The molecule has 0 spiro atoms. The Morgan fingerprint density at radius 2 is 2.00 bits per heavy atom. The lowest BCUT2D eigenvalue weighted by atomic mass is 10.1. The third-order valence-electron chi connectivity index (χ3n) is 2.52. The van der Waals surface area contributed by atoms with E-state index >= 15 is 0 Å². The molecule has 0 aliphatic rings. The van der Waals surface area contributed by atoms with Gasteiger partial charge in [-0.2, -0.15) is 0 Å². The number of ether oxygens (including phenoxy) is 2. The number of hydrogen-bond acceptors (Lipinski definition) is 4. The minimum absolute atomic E-state index is 0.00202. The Kier molecular flexibility index (Phi) is 4.10. The number of benzene rings is 2. The Morgan fingerprint density at radius 3 is 2.65 bits per heavy atom. The summed E-state index contributed by atoms with van der Waals surface area (Å²) in [6, 6.07) is 8.54. The van der Waals surface area contributed by atoms with Gasteiger partial charge in [-0.1, -0.05) is 23.7 Å². The predicted octanol–water partition coefficient (Wildman–Crippen LogP) is 3.64. The standard InChI is InChI=1S/C14H11ClFNO3/c1-19-14(18)9-6-8(17)7-10(15)13(9)20-12-5-3-2-4-11(12)16/h2-7H,17H2,1H3. The number of para-hydroxylation sites is 1. The van der Waals surface area contributed by atoms with Gasteiger partial charge in [0.15, 0.2) is 17.3 Å². The third-order valence-corrected chi connectivity index (χ3v) is 2.80. The molecule has 0 saturated heterocycles. The van der Waals surface area contributed by atoms with Gasteiger partial charge < -0.3 is 15.2 Å². The number of nitrogen functional groups attached to an aromatic ring is 1.